The molecule has 2 aliphatic rings. The van der Waals surface area contributed by atoms with Crippen LogP contribution in [0.4, 0.5) is 27.6 Å². The summed E-state index contributed by atoms with van der Waals surface area (Å²) in [5.41, 5.74) is -0.455. The molecule has 4 N–H and O–H groups in total. The topological polar surface area (TPSA) is 116 Å². The summed E-state index contributed by atoms with van der Waals surface area (Å²) in [4.78, 5) is 35.0. The fourth-order valence-electron chi connectivity index (χ4n) is 5.45. The van der Waals surface area contributed by atoms with Crippen molar-refractivity contribution in [3.8, 4) is 0 Å². The van der Waals surface area contributed by atoms with E-state index in [-0.39, 0.29) is 16.7 Å². The van der Waals surface area contributed by atoms with Gasteiger partial charge in [0.2, 0.25) is 5.91 Å². The molecule has 39 heavy (non-hydrogen) atoms. The molecule has 2 aromatic carbocycles. The van der Waals surface area contributed by atoms with Crippen LogP contribution in [0, 0.1) is 30.9 Å². The molecule has 212 valence electrons. The maximum atomic E-state index is 15.4. The summed E-state index contributed by atoms with van der Waals surface area (Å²) in [5, 5.41) is 23.0. The Morgan fingerprint density at radius 1 is 0.974 bits per heavy atom. The van der Waals surface area contributed by atoms with Crippen LogP contribution in [0.3, 0.4) is 0 Å². The Kier molecular flexibility index (Phi) is 7.86. The quantitative estimate of drug-likeness (QED) is 0.394. The lowest BCUT2D eigenvalue weighted by molar-refractivity contribution is -0.192. The van der Waals surface area contributed by atoms with Crippen LogP contribution in [0.1, 0.15) is 55.4 Å². The number of halogens is 5. The maximum absolute atomic E-state index is 15.4. The number of carboxylic acids is 2. The highest BCUT2D eigenvalue weighted by Gasteiger charge is 2.66. The van der Waals surface area contributed by atoms with Crippen LogP contribution in [0.25, 0.3) is 0 Å². The van der Waals surface area contributed by atoms with Gasteiger partial charge in [0.05, 0.1) is 5.69 Å². The number of nitrogens with one attached hydrogen (secondary N) is 2. The van der Waals surface area contributed by atoms with Crippen LogP contribution in [0.2, 0.25) is 0 Å². The first-order valence-electron chi connectivity index (χ1n) is 12.0. The summed E-state index contributed by atoms with van der Waals surface area (Å²) in [6.07, 6.45) is -4.65. The number of rotatable bonds is 3. The Balaban J connectivity index is 0.000000532. The number of hydrogen-bond acceptors (Lipinski definition) is 4. The monoisotopic (exact) mass is 556 g/mol. The molecular formula is C27H29F5N2O5. The molecule has 1 saturated heterocycles. The highest BCUT2D eigenvalue weighted by molar-refractivity contribution is 6.09. The van der Waals surface area contributed by atoms with Crippen LogP contribution in [-0.4, -0.2) is 46.3 Å². The van der Waals surface area contributed by atoms with E-state index in [2.05, 4.69) is 10.6 Å². The summed E-state index contributed by atoms with van der Waals surface area (Å²) in [6.45, 7) is 9.17. The van der Waals surface area contributed by atoms with E-state index in [4.69, 9.17) is 9.90 Å². The van der Waals surface area contributed by atoms with E-state index in [1.54, 1.807) is 38.1 Å². The van der Waals surface area contributed by atoms with Crippen LogP contribution in [0.5, 0.6) is 0 Å². The normalized spacial score (nSPS) is 24.2. The number of fused-ring (bicyclic) bond motifs is 2. The van der Waals surface area contributed by atoms with E-state index in [1.165, 1.54) is 6.07 Å². The predicted octanol–water partition coefficient (Wildman–Crippen LogP) is 5.05. The van der Waals surface area contributed by atoms with Crippen molar-refractivity contribution < 1.29 is 46.5 Å². The van der Waals surface area contributed by atoms with Gasteiger partial charge < -0.3 is 15.5 Å². The Bertz CT molecular complexity index is 1320. The number of aliphatic carboxylic acids is 2. The van der Waals surface area contributed by atoms with Crippen LogP contribution < -0.4 is 10.6 Å². The first-order chi connectivity index (χ1) is 17.8. The Labute approximate surface area is 221 Å². The highest BCUT2D eigenvalue weighted by atomic mass is 19.4. The molecule has 1 amide bonds. The second kappa shape index (κ2) is 10.2. The Morgan fingerprint density at radius 2 is 1.54 bits per heavy atom. The zero-order valence-electron chi connectivity index (χ0n) is 21.8. The van der Waals surface area contributed by atoms with Gasteiger partial charge in [0, 0.05) is 12.0 Å². The molecule has 2 heterocycles. The van der Waals surface area contributed by atoms with Crippen molar-refractivity contribution in [1.82, 2.24) is 5.32 Å². The summed E-state index contributed by atoms with van der Waals surface area (Å²) in [6, 6.07) is 6.18. The van der Waals surface area contributed by atoms with Crippen molar-refractivity contribution >= 4 is 23.5 Å². The molecule has 7 nitrogen and oxygen atoms in total. The predicted molar refractivity (Wildman–Crippen MR) is 131 cm³/mol. The van der Waals surface area contributed by atoms with Crippen molar-refractivity contribution in [3.63, 3.8) is 0 Å². The summed E-state index contributed by atoms with van der Waals surface area (Å²) in [7, 11) is 0. The minimum Gasteiger partial charge on any atom is -0.480 e. The molecule has 1 fully saturated rings. The fourth-order valence-corrected chi connectivity index (χ4v) is 5.45. The SMILES string of the molecule is Cc1cccc(C2[C@H](C(=O)O)NC(CC(C)(C)C)[C@@]23C(=O)Nc2c3ccc(C)c2F)c1F.O=C(O)C(F)(F)F. The summed E-state index contributed by atoms with van der Waals surface area (Å²) in [5.74, 6) is -6.60. The molecule has 1 spiro atoms. The molecule has 0 saturated carbocycles. The molecule has 4 rings (SSSR count). The van der Waals surface area contributed by atoms with Crippen molar-refractivity contribution in [2.75, 3.05) is 5.32 Å². The number of carboxylic acid groups (broad SMARTS) is 2. The summed E-state index contributed by atoms with van der Waals surface area (Å²) >= 11 is 0. The lowest BCUT2D eigenvalue weighted by Gasteiger charge is -2.37. The molecular weight excluding hydrogens is 527 g/mol. The third-order valence-electron chi connectivity index (χ3n) is 7.03. The number of carbonyl (C=O) groups excluding carboxylic acids is 1. The smallest absolute Gasteiger partial charge is 0.480 e. The standard InChI is InChI=1S/C25H28F2N2O3.C2HF3O2/c1-12-7-6-8-14(18(12)26)17-21(22(30)31)28-16(11-24(3,4)5)25(17)15-10-9-13(2)19(27)20(15)29-23(25)32;3-2(4,5)1(6)7/h6-10,16-17,21,28H,11H2,1-5H3,(H,29,32)(H,30,31);(H,6,7)/t16?,17?,21-,25-;/m1./s1. The first-order valence-corrected chi connectivity index (χ1v) is 12.0. The largest absolute Gasteiger partial charge is 0.490 e. The van der Waals surface area contributed by atoms with Crippen LogP contribution >= 0.6 is 0 Å². The minimum absolute atomic E-state index is 0.0554. The van der Waals surface area contributed by atoms with E-state index in [0.717, 1.165) is 0 Å². The van der Waals surface area contributed by atoms with Crippen molar-refractivity contribution in [1.29, 1.82) is 0 Å². The van der Waals surface area contributed by atoms with Gasteiger partial charge in [-0.25, -0.2) is 13.6 Å². The zero-order valence-corrected chi connectivity index (χ0v) is 21.8. The molecule has 12 heteroatoms. The van der Waals surface area contributed by atoms with Crippen LogP contribution in [0.15, 0.2) is 30.3 Å². The molecule has 4 atom stereocenters. The molecule has 0 bridgehead atoms. The van der Waals surface area contributed by atoms with Gasteiger partial charge >= 0.3 is 18.1 Å². The number of carbonyl (C=O) groups is 3. The average molecular weight is 557 g/mol. The second-order valence-corrected chi connectivity index (χ2v) is 11.0. The van der Waals surface area contributed by atoms with Gasteiger partial charge in [-0.1, -0.05) is 51.1 Å². The maximum Gasteiger partial charge on any atom is 0.490 e. The highest BCUT2D eigenvalue weighted by Crippen LogP contribution is 2.57. The minimum atomic E-state index is -5.08. The van der Waals surface area contributed by atoms with Gasteiger partial charge in [-0.05, 0) is 47.9 Å². The number of anilines is 1. The molecule has 2 aromatic rings. The zero-order chi connectivity index (χ0) is 29.7. The average Bonchev–Trinajstić information content (AvgIpc) is 3.28. The Hall–Kier alpha value is -3.54. The first kappa shape index (κ1) is 30.0. The fraction of sp³-hybridized carbons (Fsp3) is 0.444. The molecule has 0 aromatic heterocycles. The second-order valence-electron chi connectivity index (χ2n) is 11.0. The lowest BCUT2D eigenvalue weighted by atomic mass is 9.62. The van der Waals surface area contributed by atoms with Gasteiger partial charge in [0.25, 0.3) is 0 Å². The van der Waals surface area contributed by atoms with Gasteiger partial charge in [-0.2, -0.15) is 13.2 Å². The third-order valence-corrected chi connectivity index (χ3v) is 7.03. The molecule has 2 unspecified atom stereocenters. The number of amides is 1. The summed E-state index contributed by atoms with van der Waals surface area (Å²) < 4.78 is 62.2. The number of alkyl halides is 3. The van der Waals surface area contributed by atoms with Gasteiger partial charge in [0.1, 0.15) is 23.1 Å². The van der Waals surface area contributed by atoms with Gasteiger partial charge in [-0.3, -0.25) is 14.9 Å². The van der Waals surface area contributed by atoms with E-state index in [0.29, 0.717) is 23.1 Å². The molecule has 0 radical (unpaired) electrons. The lowest BCUT2D eigenvalue weighted by Crippen LogP contribution is -2.49. The third kappa shape index (κ3) is 5.34. The van der Waals surface area contributed by atoms with Crippen molar-refractivity contribution in [2.24, 2.45) is 5.41 Å². The number of hydrogen-bond donors (Lipinski definition) is 4. The molecule has 0 aliphatic carbocycles. The van der Waals surface area contributed by atoms with Crippen molar-refractivity contribution in [2.45, 2.75) is 70.6 Å². The Morgan fingerprint density at radius 3 is 2.05 bits per heavy atom. The number of aryl methyl sites for hydroxylation is 2. The van der Waals surface area contributed by atoms with E-state index in [1.807, 2.05) is 20.8 Å². The number of benzene rings is 2. The van der Waals surface area contributed by atoms with Gasteiger partial charge in [0.15, 0.2) is 0 Å². The van der Waals surface area contributed by atoms with E-state index in [9.17, 15) is 27.9 Å². The van der Waals surface area contributed by atoms with Crippen LogP contribution in [-0.2, 0) is 19.8 Å². The molecule has 2 aliphatic heterocycles. The van der Waals surface area contributed by atoms with Crippen molar-refractivity contribution in [3.05, 3.63) is 64.2 Å². The van der Waals surface area contributed by atoms with E-state index < -0.39 is 59.1 Å². The van der Waals surface area contributed by atoms with Gasteiger partial charge in [-0.15, -0.1) is 0 Å². The van der Waals surface area contributed by atoms with E-state index >= 15 is 8.78 Å².